The van der Waals surface area contributed by atoms with Crippen LogP contribution in [0, 0.1) is 5.41 Å². The van der Waals surface area contributed by atoms with Gasteiger partial charge in [0.25, 0.3) is 5.89 Å². The average molecular weight is 482 g/mol. The Morgan fingerprint density at radius 2 is 1.69 bits per heavy atom. The molecule has 1 aromatic heterocycles. The van der Waals surface area contributed by atoms with Crippen molar-refractivity contribution in [3.63, 3.8) is 0 Å². The van der Waals surface area contributed by atoms with Gasteiger partial charge in [0.1, 0.15) is 5.75 Å². The molecular weight excluding hydrogens is 448 g/mol. The van der Waals surface area contributed by atoms with E-state index in [1.807, 2.05) is 26.0 Å². The number of ether oxygens (including phenoxy) is 1. The molecule has 0 spiro atoms. The van der Waals surface area contributed by atoms with Crippen LogP contribution in [0.1, 0.15) is 71.0 Å². The molecule has 2 aromatic carbocycles. The van der Waals surface area contributed by atoms with Gasteiger partial charge in [-0.3, -0.25) is 0 Å². The molecule has 3 aliphatic rings. The van der Waals surface area contributed by atoms with Crippen molar-refractivity contribution in [1.82, 2.24) is 10.1 Å². The minimum atomic E-state index is -3.10. The Morgan fingerprint density at radius 1 is 1.00 bits per heavy atom. The number of hydrogen-bond donors (Lipinski definition) is 1. The van der Waals surface area contributed by atoms with Gasteiger partial charge < -0.3 is 14.6 Å². The molecule has 0 atom stereocenters. The smallest absolute Gasteiger partial charge is 0.322 e. The first-order valence-corrected chi connectivity index (χ1v) is 12.5. The molecule has 6 rings (SSSR count). The van der Waals surface area contributed by atoms with E-state index < -0.39 is 11.8 Å². The summed E-state index contributed by atoms with van der Waals surface area (Å²) in [5, 5.41) is 7.64. The summed E-state index contributed by atoms with van der Waals surface area (Å²) < 4.78 is 37.8. The largest absolute Gasteiger partial charge is 0.491 e. The number of rotatable bonds is 8. The molecule has 1 heterocycles. The van der Waals surface area contributed by atoms with Crippen molar-refractivity contribution in [1.29, 1.82) is 0 Å². The monoisotopic (exact) mass is 481 g/mol. The fourth-order valence-corrected chi connectivity index (χ4v) is 5.58. The maximum absolute atomic E-state index is 13.6. The zero-order valence-electron chi connectivity index (χ0n) is 20.6. The molecule has 3 aromatic rings. The van der Waals surface area contributed by atoms with Crippen molar-refractivity contribution >= 4 is 5.69 Å². The Hall–Kier alpha value is -2.96. The van der Waals surface area contributed by atoms with Crippen LogP contribution < -0.4 is 10.1 Å². The first-order valence-electron chi connectivity index (χ1n) is 12.5. The molecule has 186 valence electrons. The summed E-state index contributed by atoms with van der Waals surface area (Å²) >= 11 is 0. The second-order valence-corrected chi connectivity index (χ2v) is 10.7. The zero-order valence-corrected chi connectivity index (χ0v) is 20.6. The third kappa shape index (κ3) is 4.91. The number of alkyl halides is 2. The van der Waals surface area contributed by atoms with Gasteiger partial charge in [0.05, 0.1) is 6.10 Å². The number of fused-ring (bicyclic) bond motifs is 3. The van der Waals surface area contributed by atoms with Gasteiger partial charge in [-0.25, -0.2) is 0 Å². The van der Waals surface area contributed by atoms with Gasteiger partial charge in [-0.15, -0.1) is 0 Å². The molecule has 0 radical (unpaired) electrons. The van der Waals surface area contributed by atoms with Crippen molar-refractivity contribution < 1.29 is 18.0 Å². The Kier molecular flexibility index (Phi) is 6.06. The molecule has 35 heavy (non-hydrogen) atoms. The first-order chi connectivity index (χ1) is 16.7. The molecule has 5 nitrogen and oxygen atoms in total. The lowest BCUT2D eigenvalue weighted by Crippen LogP contribution is -2.47. The standard InChI is InChI=1S/C28H33F2N3O2/c1-19(2)34-23-9-7-20(8-10-23)21-5-4-6-22(17-21)31-18-27-11-14-28(15-12-27,16-13-27)24-32-25(35-33-24)26(3,29)30/h4-10,17,19,31H,11-16,18H2,1-3H3. The van der Waals surface area contributed by atoms with Gasteiger partial charge in [-0.2, -0.15) is 13.8 Å². The molecule has 3 saturated carbocycles. The molecule has 0 saturated heterocycles. The molecule has 0 amide bonds. The van der Waals surface area contributed by atoms with E-state index in [0.29, 0.717) is 5.82 Å². The van der Waals surface area contributed by atoms with Crippen LogP contribution in [0.2, 0.25) is 0 Å². The van der Waals surface area contributed by atoms with E-state index in [1.54, 1.807) is 0 Å². The van der Waals surface area contributed by atoms with Gasteiger partial charge in [0.2, 0.25) is 0 Å². The van der Waals surface area contributed by atoms with Crippen LogP contribution in [-0.2, 0) is 11.3 Å². The zero-order chi connectivity index (χ0) is 24.7. The summed E-state index contributed by atoms with van der Waals surface area (Å²) in [5.74, 6) is -2.33. The number of nitrogens with zero attached hydrogens (tertiary/aromatic N) is 2. The molecule has 0 aliphatic heterocycles. The predicted octanol–water partition coefficient (Wildman–Crippen LogP) is 7.34. The summed E-state index contributed by atoms with van der Waals surface area (Å²) in [6.07, 6.45) is 5.98. The van der Waals surface area contributed by atoms with Gasteiger partial charge in [-0.05, 0) is 93.2 Å². The fraction of sp³-hybridized carbons (Fsp3) is 0.500. The third-order valence-corrected chi connectivity index (χ3v) is 7.77. The second kappa shape index (κ2) is 8.92. The Labute approximate surface area is 205 Å². The van der Waals surface area contributed by atoms with Crippen LogP contribution in [0.3, 0.4) is 0 Å². The predicted molar refractivity (Wildman–Crippen MR) is 132 cm³/mol. The summed E-state index contributed by atoms with van der Waals surface area (Å²) in [6, 6.07) is 16.7. The normalized spacial score (nSPS) is 24.1. The van der Waals surface area contributed by atoms with Crippen molar-refractivity contribution in [2.45, 2.75) is 76.7 Å². The van der Waals surface area contributed by atoms with Gasteiger partial charge in [0.15, 0.2) is 5.82 Å². The lowest BCUT2D eigenvalue weighted by molar-refractivity contribution is -0.0158. The highest BCUT2D eigenvalue weighted by Gasteiger charge is 2.52. The lowest BCUT2D eigenvalue weighted by Gasteiger charge is -2.52. The van der Waals surface area contributed by atoms with Crippen molar-refractivity contribution in [2.75, 3.05) is 11.9 Å². The number of benzene rings is 2. The van der Waals surface area contributed by atoms with Crippen LogP contribution >= 0.6 is 0 Å². The first kappa shape index (κ1) is 23.8. The van der Waals surface area contributed by atoms with E-state index in [-0.39, 0.29) is 16.9 Å². The highest BCUT2D eigenvalue weighted by atomic mass is 19.3. The lowest BCUT2D eigenvalue weighted by atomic mass is 9.53. The molecule has 3 fully saturated rings. The van der Waals surface area contributed by atoms with Gasteiger partial charge in [0, 0.05) is 24.6 Å². The van der Waals surface area contributed by atoms with Crippen molar-refractivity contribution in [3.8, 4) is 16.9 Å². The summed E-state index contributed by atoms with van der Waals surface area (Å²) in [4.78, 5) is 4.10. The topological polar surface area (TPSA) is 60.2 Å². The molecular formula is C28H33F2N3O2. The number of anilines is 1. The Balaban J connectivity index is 1.22. The van der Waals surface area contributed by atoms with E-state index in [1.165, 1.54) is 0 Å². The summed E-state index contributed by atoms with van der Waals surface area (Å²) in [6.45, 7) is 5.75. The molecule has 7 heteroatoms. The van der Waals surface area contributed by atoms with Crippen LogP contribution in [0.25, 0.3) is 11.1 Å². The Bertz CT molecular complexity index is 1140. The van der Waals surface area contributed by atoms with E-state index in [0.717, 1.165) is 74.6 Å². The second-order valence-electron chi connectivity index (χ2n) is 10.7. The highest BCUT2D eigenvalue weighted by Crippen LogP contribution is 2.57. The molecule has 1 N–H and O–H groups in total. The number of aromatic nitrogens is 2. The van der Waals surface area contributed by atoms with E-state index in [9.17, 15) is 8.78 Å². The maximum atomic E-state index is 13.6. The van der Waals surface area contributed by atoms with E-state index in [2.05, 4.69) is 51.9 Å². The minimum absolute atomic E-state index is 0.156. The number of halogens is 2. The van der Waals surface area contributed by atoms with Crippen molar-refractivity contribution in [2.24, 2.45) is 5.41 Å². The van der Waals surface area contributed by atoms with Crippen LogP contribution in [0.4, 0.5) is 14.5 Å². The van der Waals surface area contributed by atoms with Crippen LogP contribution in [-0.4, -0.2) is 22.8 Å². The van der Waals surface area contributed by atoms with E-state index >= 15 is 0 Å². The SMILES string of the molecule is CC(C)Oc1ccc(-c2cccc(NCC34CCC(c5noc(C(C)(F)F)n5)(CC3)CC4)c2)cc1. The van der Waals surface area contributed by atoms with Crippen LogP contribution in [0.5, 0.6) is 5.75 Å². The Morgan fingerprint density at radius 3 is 2.29 bits per heavy atom. The quantitative estimate of drug-likeness (QED) is 0.365. The van der Waals surface area contributed by atoms with Crippen molar-refractivity contribution in [3.05, 3.63) is 60.2 Å². The van der Waals surface area contributed by atoms with Gasteiger partial charge >= 0.3 is 5.92 Å². The molecule has 0 unspecified atom stereocenters. The summed E-state index contributed by atoms with van der Waals surface area (Å²) in [5.41, 5.74) is 3.42. The van der Waals surface area contributed by atoms with Gasteiger partial charge in [-0.1, -0.05) is 29.4 Å². The minimum Gasteiger partial charge on any atom is -0.491 e. The fourth-order valence-electron chi connectivity index (χ4n) is 5.58. The average Bonchev–Trinajstić information content (AvgIpc) is 3.37. The van der Waals surface area contributed by atoms with Crippen LogP contribution in [0.15, 0.2) is 53.1 Å². The summed E-state index contributed by atoms with van der Waals surface area (Å²) in [7, 11) is 0. The third-order valence-electron chi connectivity index (χ3n) is 7.77. The molecule has 2 bridgehead atoms. The maximum Gasteiger partial charge on any atom is 0.322 e. The highest BCUT2D eigenvalue weighted by molar-refractivity contribution is 5.68. The number of hydrogen-bond acceptors (Lipinski definition) is 5. The number of nitrogens with one attached hydrogen (secondary N) is 1. The van der Waals surface area contributed by atoms with E-state index in [4.69, 9.17) is 9.26 Å². The molecule has 3 aliphatic carbocycles.